The minimum Gasteiger partial charge on any atom is -0.390 e. The fraction of sp³-hybridized carbons (Fsp3) is 1.00. The quantitative estimate of drug-likeness (QED) is 0.0861. The molecule has 2 nitrogen and oxygen atoms in total. The summed E-state index contributed by atoms with van der Waals surface area (Å²) >= 11 is 0. The first-order chi connectivity index (χ1) is 18.6. The highest BCUT2D eigenvalue weighted by molar-refractivity contribution is 4.90. The number of hydrogen-bond acceptors (Lipinski definition) is 2. The van der Waals surface area contributed by atoms with E-state index in [4.69, 9.17) is 0 Å². The molecule has 0 radical (unpaired) electrons. The normalized spacial score (nSPS) is 15.0. The van der Waals surface area contributed by atoms with E-state index in [1.54, 1.807) is 0 Å². The second kappa shape index (κ2) is 28.4. The van der Waals surface area contributed by atoms with Crippen LogP contribution < -0.4 is 0 Å². The number of hydrogen-bond donors (Lipinski definition) is 2. The summed E-state index contributed by atoms with van der Waals surface area (Å²) in [5, 5.41) is 23.0. The first-order valence-electron chi connectivity index (χ1n) is 17.9. The second-order valence-electron chi connectivity index (χ2n) is 12.8. The van der Waals surface area contributed by atoms with Crippen LogP contribution >= 0.6 is 0 Å². The first kappa shape index (κ1) is 37.9. The van der Waals surface area contributed by atoms with E-state index in [0.717, 1.165) is 32.1 Å². The lowest BCUT2D eigenvalue weighted by atomic mass is 9.68. The Morgan fingerprint density at radius 2 is 0.632 bits per heavy atom. The molecule has 0 aliphatic rings. The molecule has 0 saturated carbocycles. The number of aliphatic hydroxyl groups excluding tert-OH is 2. The van der Waals surface area contributed by atoms with Gasteiger partial charge in [0.1, 0.15) is 0 Å². The van der Waals surface area contributed by atoms with Gasteiger partial charge in [0, 0.05) is 0 Å². The fourth-order valence-corrected chi connectivity index (χ4v) is 6.47. The Kier molecular flexibility index (Phi) is 28.4. The lowest BCUT2D eigenvalue weighted by molar-refractivity contribution is -0.0836. The van der Waals surface area contributed by atoms with Gasteiger partial charge in [-0.1, -0.05) is 188 Å². The van der Waals surface area contributed by atoms with Gasteiger partial charge < -0.3 is 10.2 Å². The zero-order valence-corrected chi connectivity index (χ0v) is 27.1. The molecule has 2 heteroatoms. The largest absolute Gasteiger partial charge is 0.390 e. The van der Waals surface area contributed by atoms with Crippen molar-refractivity contribution < 1.29 is 10.2 Å². The summed E-state index contributed by atoms with van der Waals surface area (Å²) in [4.78, 5) is 0. The summed E-state index contributed by atoms with van der Waals surface area (Å²) in [7, 11) is 0. The predicted octanol–water partition coefficient (Wildman–Crippen LogP) is 12.1. The van der Waals surface area contributed by atoms with E-state index >= 15 is 0 Å². The lowest BCUT2D eigenvalue weighted by Crippen LogP contribution is -2.43. The van der Waals surface area contributed by atoms with Crippen molar-refractivity contribution in [2.24, 2.45) is 5.41 Å². The molecule has 38 heavy (non-hydrogen) atoms. The van der Waals surface area contributed by atoms with E-state index in [9.17, 15) is 10.2 Å². The van der Waals surface area contributed by atoms with E-state index in [2.05, 4.69) is 27.7 Å². The number of rotatable bonds is 31. The van der Waals surface area contributed by atoms with E-state index in [0.29, 0.717) is 0 Å². The minimum absolute atomic E-state index is 0.0821. The summed E-state index contributed by atoms with van der Waals surface area (Å²) in [6.07, 6.45) is 35.4. The molecule has 230 valence electrons. The first-order valence-corrected chi connectivity index (χ1v) is 17.9. The van der Waals surface area contributed by atoms with Gasteiger partial charge in [0.25, 0.3) is 0 Å². The summed E-state index contributed by atoms with van der Waals surface area (Å²) in [5.41, 5.74) is -0.0821. The van der Waals surface area contributed by atoms with Gasteiger partial charge in [-0.3, -0.25) is 0 Å². The minimum atomic E-state index is -0.551. The molecule has 0 aliphatic heterocycles. The third-order valence-electron chi connectivity index (χ3n) is 9.18. The zero-order valence-electron chi connectivity index (χ0n) is 27.1. The Labute approximate surface area is 241 Å². The molecule has 0 spiro atoms. The molecule has 3 atom stereocenters. The Hall–Kier alpha value is -0.0800. The van der Waals surface area contributed by atoms with Crippen LogP contribution in [0.2, 0.25) is 0 Å². The maximum atomic E-state index is 11.7. The van der Waals surface area contributed by atoms with Gasteiger partial charge >= 0.3 is 0 Å². The van der Waals surface area contributed by atoms with Crippen molar-refractivity contribution in [1.82, 2.24) is 0 Å². The summed E-state index contributed by atoms with van der Waals surface area (Å²) in [5.74, 6) is 0. The Balaban J connectivity index is 5.06. The monoisotopic (exact) mass is 539 g/mol. The van der Waals surface area contributed by atoms with Crippen LogP contribution in [0.15, 0.2) is 0 Å². The van der Waals surface area contributed by atoms with Crippen LogP contribution in [0.5, 0.6) is 0 Å². The molecular weight excluding hydrogens is 464 g/mol. The molecule has 0 aromatic heterocycles. The van der Waals surface area contributed by atoms with Crippen LogP contribution in [0.3, 0.4) is 0 Å². The third kappa shape index (κ3) is 20.8. The Morgan fingerprint density at radius 3 is 0.974 bits per heavy atom. The molecule has 0 heterocycles. The third-order valence-corrected chi connectivity index (χ3v) is 9.18. The number of aliphatic hydroxyl groups is 2. The average Bonchev–Trinajstić information content (AvgIpc) is 2.93. The number of unbranched alkanes of at least 4 members (excludes halogenated alkanes) is 21. The molecule has 0 amide bonds. The molecule has 0 aliphatic carbocycles. The van der Waals surface area contributed by atoms with Crippen molar-refractivity contribution in [2.75, 3.05) is 0 Å². The Morgan fingerprint density at radius 1 is 0.368 bits per heavy atom. The van der Waals surface area contributed by atoms with E-state index in [1.807, 2.05) is 0 Å². The van der Waals surface area contributed by atoms with Crippen LogP contribution in [0.4, 0.5) is 0 Å². The fourth-order valence-electron chi connectivity index (χ4n) is 6.47. The van der Waals surface area contributed by atoms with E-state index in [-0.39, 0.29) is 5.41 Å². The second-order valence-corrected chi connectivity index (χ2v) is 12.8. The van der Waals surface area contributed by atoms with Crippen LogP contribution in [0.25, 0.3) is 0 Å². The highest BCUT2D eigenvalue weighted by Gasteiger charge is 2.39. The van der Waals surface area contributed by atoms with Crippen molar-refractivity contribution in [3.8, 4) is 0 Å². The SMILES string of the molecule is CCCCCCCCCCC(CCCCCC)(CCCCCCCC)C(O)C(O)CCCCCCCCC. The van der Waals surface area contributed by atoms with Crippen molar-refractivity contribution in [2.45, 2.75) is 226 Å². The van der Waals surface area contributed by atoms with Gasteiger partial charge in [-0.05, 0) is 31.1 Å². The van der Waals surface area contributed by atoms with Gasteiger partial charge in [-0.25, -0.2) is 0 Å². The maximum Gasteiger partial charge on any atom is 0.0855 e. The maximum absolute atomic E-state index is 11.7. The molecule has 2 N–H and O–H groups in total. The standard InChI is InChI=1S/C36H74O2/c1-5-9-13-17-20-22-25-29-33-36(31-27-16-12-8-4,32-28-24-19-15-11-7-3)35(38)34(37)30-26-23-21-18-14-10-6-2/h34-35,37-38H,5-33H2,1-4H3. The van der Waals surface area contributed by atoms with E-state index in [1.165, 1.54) is 154 Å². The average molecular weight is 539 g/mol. The van der Waals surface area contributed by atoms with Crippen LogP contribution in [0.1, 0.15) is 214 Å². The van der Waals surface area contributed by atoms with Crippen molar-refractivity contribution in [3.05, 3.63) is 0 Å². The highest BCUT2D eigenvalue weighted by atomic mass is 16.3. The van der Waals surface area contributed by atoms with Crippen LogP contribution in [-0.2, 0) is 0 Å². The van der Waals surface area contributed by atoms with Gasteiger partial charge in [-0.2, -0.15) is 0 Å². The van der Waals surface area contributed by atoms with Crippen molar-refractivity contribution >= 4 is 0 Å². The summed E-state index contributed by atoms with van der Waals surface area (Å²) in [6, 6.07) is 0. The van der Waals surface area contributed by atoms with Gasteiger partial charge in [0.15, 0.2) is 0 Å². The molecule has 0 saturated heterocycles. The molecular formula is C36H74O2. The molecule has 3 unspecified atom stereocenters. The molecule has 0 aromatic carbocycles. The molecule has 0 bridgehead atoms. The molecule has 0 fully saturated rings. The smallest absolute Gasteiger partial charge is 0.0855 e. The van der Waals surface area contributed by atoms with Gasteiger partial charge in [-0.15, -0.1) is 0 Å². The topological polar surface area (TPSA) is 40.5 Å². The molecule has 0 rings (SSSR count). The molecule has 0 aromatic rings. The zero-order chi connectivity index (χ0) is 28.2. The van der Waals surface area contributed by atoms with Gasteiger partial charge in [0.05, 0.1) is 12.2 Å². The highest BCUT2D eigenvalue weighted by Crippen LogP contribution is 2.42. The van der Waals surface area contributed by atoms with Crippen LogP contribution in [-0.4, -0.2) is 22.4 Å². The van der Waals surface area contributed by atoms with E-state index < -0.39 is 12.2 Å². The van der Waals surface area contributed by atoms with Crippen LogP contribution in [0, 0.1) is 5.41 Å². The summed E-state index contributed by atoms with van der Waals surface area (Å²) < 4.78 is 0. The summed E-state index contributed by atoms with van der Waals surface area (Å²) in [6.45, 7) is 9.13. The van der Waals surface area contributed by atoms with Crippen molar-refractivity contribution in [1.29, 1.82) is 0 Å². The van der Waals surface area contributed by atoms with Gasteiger partial charge in [0.2, 0.25) is 0 Å². The lowest BCUT2D eigenvalue weighted by Gasteiger charge is -2.41. The Bertz CT molecular complexity index is 451. The predicted molar refractivity (Wildman–Crippen MR) is 171 cm³/mol. The van der Waals surface area contributed by atoms with Crippen molar-refractivity contribution in [3.63, 3.8) is 0 Å².